The molecule has 3 aromatic heterocycles. The first-order valence-corrected chi connectivity index (χ1v) is 24.3. The molecule has 0 saturated carbocycles. The van der Waals surface area contributed by atoms with Crippen LogP contribution in [0.4, 0.5) is 0 Å². The van der Waals surface area contributed by atoms with E-state index in [1.807, 2.05) is 32.9 Å². The number of aromatic hydroxyl groups is 2. The van der Waals surface area contributed by atoms with Gasteiger partial charge in [-0.05, 0) is 115 Å². The number of aromatic nitrogens is 5. The molecule has 18 nitrogen and oxygen atoms in total. The highest BCUT2D eigenvalue weighted by Gasteiger charge is 2.45. The number of esters is 1. The van der Waals surface area contributed by atoms with Crippen LogP contribution in [0.1, 0.15) is 107 Å². The van der Waals surface area contributed by atoms with Crippen LogP contribution in [0.5, 0.6) is 17.2 Å². The smallest absolute Gasteiger partial charge is 0.343 e. The summed E-state index contributed by atoms with van der Waals surface area (Å²) >= 11 is 0. The molecule has 2 amide bonds. The average molecular weight is 966 g/mol. The van der Waals surface area contributed by atoms with Crippen LogP contribution in [0.2, 0.25) is 0 Å². The van der Waals surface area contributed by atoms with Gasteiger partial charge in [-0.3, -0.25) is 19.0 Å². The summed E-state index contributed by atoms with van der Waals surface area (Å²) < 4.78 is 41.4. The summed E-state index contributed by atoms with van der Waals surface area (Å²) in [7, 11) is -4.39. The zero-order valence-corrected chi connectivity index (χ0v) is 39.5. The first-order valence-electron chi connectivity index (χ1n) is 22.8. The van der Waals surface area contributed by atoms with Crippen LogP contribution in [-0.4, -0.2) is 77.3 Å². The number of carbonyl (C=O) groups is 3. The van der Waals surface area contributed by atoms with E-state index in [0.29, 0.717) is 46.5 Å². The van der Waals surface area contributed by atoms with Crippen LogP contribution in [0.25, 0.3) is 39.4 Å². The predicted octanol–water partition coefficient (Wildman–Crippen LogP) is 6.10. The van der Waals surface area contributed by atoms with Gasteiger partial charge in [0.25, 0.3) is 17.4 Å². The van der Waals surface area contributed by atoms with E-state index >= 15 is 0 Å². The minimum atomic E-state index is -4.39. The number of aryl methyl sites for hydroxylation is 1. The number of cyclic esters (lactones) is 1. The molecule has 70 heavy (non-hydrogen) atoms. The van der Waals surface area contributed by atoms with E-state index in [9.17, 15) is 42.9 Å². The molecule has 0 radical (unpaired) electrons. The zero-order valence-electron chi connectivity index (χ0n) is 38.7. The second-order valence-electron chi connectivity index (χ2n) is 17.9. The molecule has 10 rings (SSSR count). The van der Waals surface area contributed by atoms with Gasteiger partial charge >= 0.3 is 16.1 Å². The van der Waals surface area contributed by atoms with Gasteiger partial charge in [-0.1, -0.05) is 33.8 Å². The number of rotatable bonds is 11. The van der Waals surface area contributed by atoms with E-state index in [-0.39, 0.29) is 106 Å². The summed E-state index contributed by atoms with van der Waals surface area (Å²) in [5.41, 5.74) is 4.38. The molecule has 1 atom stereocenters. The lowest BCUT2D eigenvalue weighted by molar-refractivity contribution is -0.172. The monoisotopic (exact) mass is 965 g/mol. The lowest BCUT2D eigenvalue weighted by atomic mass is 9.86. The molecular weight excluding hydrogens is 919 g/mol. The Balaban J connectivity index is 0.881. The van der Waals surface area contributed by atoms with Gasteiger partial charge in [0, 0.05) is 53.5 Å². The summed E-state index contributed by atoms with van der Waals surface area (Å²) in [5, 5.41) is 44.6. The maximum absolute atomic E-state index is 13.9. The Bertz CT molecular complexity index is 3570. The number of hydrogen-bond acceptors (Lipinski definition) is 14. The molecular formula is C51H47N7O11S. The SMILES string of the molecule is CCNC(=O)c1nnc(-c2cc(C(C)C)c(O)cc2O)n1-c1ccc2c(c1)CN(C(=O)c1ccc(S(=O)(=O)Oc3ccc4nc5c(c(CC)c4c3)Cn3c-5cc4c(c3=O)COC(=O)C4(O)CC)cc1)C2. The fraction of sp³-hybridized carbons (Fsp3) is 0.275. The van der Waals surface area contributed by atoms with Crippen LogP contribution in [0.15, 0.2) is 88.6 Å². The number of amides is 2. The van der Waals surface area contributed by atoms with Gasteiger partial charge in [-0.15, -0.1) is 10.2 Å². The van der Waals surface area contributed by atoms with Gasteiger partial charge in [0.05, 0.1) is 34.6 Å². The maximum Gasteiger partial charge on any atom is 0.343 e. The van der Waals surface area contributed by atoms with Crippen LogP contribution >= 0.6 is 0 Å². The van der Waals surface area contributed by atoms with Crippen LogP contribution < -0.4 is 15.1 Å². The number of pyridine rings is 2. The van der Waals surface area contributed by atoms with Crippen molar-refractivity contribution in [3.63, 3.8) is 0 Å². The number of benzene rings is 4. The first-order chi connectivity index (χ1) is 33.5. The molecule has 6 heterocycles. The van der Waals surface area contributed by atoms with Gasteiger partial charge < -0.3 is 39.0 Å². The standard InChI is InChI=1S/C51H47N7O11S/c1-6-33-35-18-31(13-16-40(35)53-44-37(33)24-57-41(44)20-39-38(49(57)63)25-68-50(64)51(39,65)7-2)69-70(66,67)32-14-10-27(11-15-32)48(62)56-22-28-9-12-30(17-29(28)23-56)58-45(54-55-46(58)47(61)52-8-3)36-19-34(26(4)5)42(59)21-43(36)60/h9-21,26,59-60,65H,6-8,22-25H2,1-5H3,(H,52,61). The minimum Gasteiger partial charge on any atom is -0.508 e. The molecule has 1 unspecified atom stereocenters. The van der Waals surface area contributed by atoms with Crippen molar-refractivity contribution in [2.24, 2.45) is 0 Å². The Kier molecular flexibility index (Phi) is 11.1. The van der Waals surface area contributed by atoms with Crippen LogP contribution in [-0.2, 0) is 57.9 Å². The quantitative estimate of drug-likeness (QED) is 0.0846. The van der Waals surface area contributed by atoms with Gasteiger partial charge in [0.1, 0.15) is 28.8 Å². The molecule has 4 aromatic carbocycles. The number of phenols is 2. The van der Waals surface area contributed by atoms with Crippen molar-refractivity contribution in [2.45, 2.75) is 90.1 Å². The molecule has 3 aliphatic rings. The summed E-state index contributed by atoms with van der Waals surface area (Å²) in [5.74, 6) is -1.90. The van der Waals surface area contributed by atoms with Crippen molar-refractivity contribution in [2.75, 3.05) is 6.54 Å². The van der Waals surface area contributed by atoms with Crippen molar-refractivity contribution in [3.05, 3.63) is 140 Å². The second-order valence-corrected chi connectivity index (χ2v) is 19.4. The number of nitrogens with zero attached hydrogens (tertiary/aromatic N) is 6. The van der Waals surface area contributed by atoms with E-state index in [4.69, 9.17) is 13.9 Å². The van der Waals surface area contributed by atoms with Gasteiger partial charge in [-0.25, -0.2) is 9.78 Å². The molecule has 358 valence electrons. The molecule has 4 N–H and O–H groups in total. The van der Waals surface area contributed by atoms with Crippen LogP contribution in [0, 0.1) is 0 Å². The summed E-state index contributed by atoms with van der Waals surface area (Å²) in [4.78, 5) is 59.9. The number of ether oxygens (including phenoxy) is 1. The Labute approximate surface area is 400 Å². The normalized spacial score (nSPS) is 15.9. The van der Waals surface area contributed by atoms with Crippen molar-refractivity contribution in [3.8, 4) is 45.7 Å². The Hall–Kier alpha value is -7.90. The number of fused-ring (bicyclic) bond motifs is 6. The summed E-state index contributed by atoms with van der Waals surface area (Å²) in [6.07, 6.45) is 0.521. The molecule has 0 fully saturated rings. The molecule has 0 aliphatic carbocycles. The minimum absolute atomic E-state index is 0.0146. The van der Waals surface area contributed by atoms with Crippen molar-refractivity contribution < 1.29 is 47.0 Å². The zero-order chi connectivity index (χ0) is 49.6. The molecule has 0 saturated heterocycles. The third-order valence-corrected chi connectivity index (χ3v) is 14.7. The predicted molar refractivity (Wildman–Crippen MR) is 254 cm³/mol. The molecule has 19 heteroatoms. The Morgan fingerprint density at radius 1 is 0.886 bits per heavy atom. The largest absolute Gasteiger partial charge is 0.508 e. The van der Waals surface area contributed by atoms with Gasteiger partial charge in [0.2, 0.25) is 5.82 Å². The van der Waals surface area contributed by atoms with E-state index in [1.54, 1.807) is 53.6 Å². The number of aliphatic hydroxyl groups is 1. The van der Waals surface area contributed by atoms with Crippen molar-refractivity contribution >= 4 is 38.8 Å². The first kappa shape index (κ1) is 45.9. The molecule has 7 aromatic rings. The highest BCUT2D eigenvalue weighted by atomic mass is 32.2. The second kappa shape index (κ2) is 17.0. The average Bonchev–Trinajstić information content (AvgIpc) is 4.08. The van der Waals surface area contributed by atoms with E-state index in [0.717, 1.165) is 22.3 Å². The van der Waals surface area contributed by atoms with Crippen molar-refractivity contribution in [1.29, 1.82) is 0 Å². The Morgan fingerprint density at radius 2 is 1.64 bits per heavy atom. The summed E-state index contributed by atoms with van der Waals surface area (Å²) in [6.45, 7) is 9.86. The number of carbonyl (C=O) groups excluding carboxylic acids is 3. The maximum atomic E-state index is 13.9. The highest BCUT2D eigenvalue weighted by Crippen LogP contribution is 2.42. The van der Waals surface area contributed by atoms with E-state index in [1.165, 1.54) is 41.0 Å². The lowest BCUT2D eigenvalue weighted by Crippen LogP contribution is -2.44. The third-order valence-electron chi connectivity index (χ3n) is 13.4. The third kappa shape index (κ3) is 7.34. The topological polar surface area (TPSA) is 245 Å². The number of nitrogens with one attached hydrogen (secondary N) is 1. The number of phenolic OH excluding ortho intramolecular Hbond substituents is 2. The molecule has 0 spiro atoms. The Morgan fingerprint density at radius 3 is 2.36 bits per heavy atom. The molecule has 3 aliphatic heterocycles. The molecule has 0 bridgehead atoms. The van der Waals surface area contributed by atoms with Gasteiger partial charge in [0.15, 0.2) is 11.4 Å². The van der Waals surface area contributed by atoms with Crippen LogP contribution in [0.3, 0.4) is 0 Å². The van der Waals surface area contributed by atoms with Crippen molar-refractivity contribution in [1.82, 2.24) is 34.5 Å². The highest BCUT2D eigenvalue weighted by molar-refractivity contribution is 7.87. The fourth-order valence-electron chi connectivity index (χ4n) is 9.71. The fourth-order valence-corrected chi connectivity index (χ4v) is 10.6. The van der Waals surface area contributed by atoms with E-state index < -0.39 is 27.6 Å². The van der Waals surface area contributed by atoms with Gasteiger partial charge in [-0.2, -0.15) is 8.42 Å². The number of hydrogen-bond donors (Lipinski definition) is 4. The summed E-state index contributed by atoms with van der Waals surface area (Å²) in [6, 6.07) is 20.1. The van der Waals surface area contributed by atoms with E-state index in [2.05, 4.69) is 15.5 Å². The lowest BCUT2D eigenvalue weighted by Gasteiger charge is -2.31.